The maximum absolute atomic E-state index is 12.6. The van der Waals surface area contributed by atoms with Gasteiger partial charge in [-0.25, -0.2) is 4.90 Å². The van der Waals surface area contributed by atoms with Gasteiger partial charge < -0.3 is 4.90 Å². The highest BCUT2D eigenvalue weighted by atomic mass is 79.9. The van der Waals surface area contributed by atoms with Crippen molar-refractivity contribution in [1.29, 1.82) is 0 Å². The van der Waals surface area contributed by atoms with Crippen molar-refractivity contribution in [1.82, 2.24) is 0 Å². The van der Waals surface area contributed by atoms with Crippen LogP contribution in [-0.4, -0.2) is 25.2 Å². The first-order valence-corrected chi connectivity index (χ1v) is 8.88. The van der Waals surface area contributed by atoms with Crippen molar-refractivity contribution in [3.05, 3.63) is 63.5 Å². The maximum Gasteiger partial charge on any atom is 0.298 e. The van der Waals surface area contributed by atoms with E-state index in [-0.39, 0.29) is 11.1 Å². The molecule has 4 nitrogen and oxygen atoms in total. The molecule has 2 amide bonds. The zero-order valence-electron chi connectivity index (χ0n) is 13.2. The summed E-state index contributed by atoms with van der Waals surface area (Å²) in [5.74, 6) is -0.288. The molecule has 0 bridgehead atoms. The second kappa shape index (κ2) is 6.83. The lowest BCUT2D eigenvalue weighted by atomic mass is 10.2. The van der Waals surface area contributed by atoms with Crippen LogP contribution in [0.25, 0.3) is 6.08 Å². The smallest absolute Gasteiger partial charge is 0.298 e. The van der Waals surface area contributed by atoms with Gasteiger partial charge in [-0.15, -0.1) is 0 Å². The highest BCUT2D eigenvalue weighted by Gasteiger charge is 2.36. The number of carbonyl (C=O) groups is 2. The third-order valence-corrected chi connectivity index (χ3v) is 5.06. The van der Waals surface area contributed by atoms with E-state index in [1.807, 2.05) is 43.3 Å². The summed E-state index contributed by atoms with van der Waals surface area (Å²) in [4.78, 5) is 28.4. The van der Waals surface area contributed by atoms with Gasteiger partial charge in [0.1, 0.15) is 0 Å². The van der Waals surface area contributed by atoms with Gasteiger partial charge in [-0.2, -0.15) is 0 Å². The molecule has 3 rings (SSSR count). The molecule has 0 aromatic heterocycles. The van der Waals surface area contributed by atoms with Crippen LogP contribution < -0.4 is 9.80 Å². The predicted octanol–water partition coefficient (Wildman–Crippen LogP) is 4.76. The summed E-state index contributed by atoms with van der Waals surface area (Å²) in [6.07, 6.45) is 1.75. The third-order valence-electron chi connectivity index (χ3n) is 3.56. The van der Waals surface area contributed by atoms with Crippen LogP contribution >= 0.6 is 27.7 Å². The zero-order chi connectivity index (χ0) is 17.3. The van der Waals surface area contributed by atoms with E-state index in [2.05, 4.69) is 15.9 Å². The fourth-order valence-corrected chi connectivity index (χ4v) is 3.99. The van der Waals surface area contributed by atoms with E-state index in [1.54, 1.807) is 30.3 Å². The molecule has 1 heterocycles. The summed E-state index contributed by atoms with van der Waals surface area (Å²) in [5.41, 5.74) is 2.50. The van der Waals surface area contributed by atoms with Crippen LogP contribution in [0.4, 0.5) is 16.2 Å². The highest BCUT2D eigenvalue weighted by Crippen LogP contribution is 2.36. The Morgan fingerprint density at radius 1 is 1.08 bits per heavy atom. The molecule has 2 aromatic carbocycles. The third kappa shape index (κ3) is 3.25. The molecule has 24 heavy (non-hydrogen) atoms. The number of carbonyl (C=O) groups excluding carboxylic acids is 2. The Bertz CT molecular complexity index is 834. The maximum atomic E-state index is 12.6. The summed E-state index contributed by atoms with van der Waals surface area (Å²) < 4.78 is 0.934. The Morgan fingerprint density at radius 3 is 2.42 bits per heavy atom. The monoisotopic (exact) mass is 402 g/mol. The van der Waals surface area contributed by atoms with E-state index in [9.17, 15) is 9.59 Å². The lowest BCUT2D eigenvalue weighted by molar-refractivity contribution is -0.113. The molecule has 122 valence electrons. The van der Waals surface area contributed by atoms with Crippen LogP contribution in [0.5, 0.6) is 0 Å². The van der Waals surface area contributed by atoms with Crippen molar-refractivity contribution < 1.29 is 9.59 Å². The summed E-state index contributed by atoms with van der Waals surface area (Å²) in [6.45, 7) is 0. The Balaban J connectivity index is 1.91. The van der Waals surface area contributed by atoms with Crippen molar-refractivity contribution in [3.8, 4) is 0 Å². The van der Waals surface area contributed by atoms with Crippen molar-refractivity contribution in [3.63, 3.8) is 0 Å². The quantitative estimate of drug-likeness (QED) is 0.694. The summed E-state index contributed by atoms with van der Waals surface area (Å²) in [6, 6.07) is 14.8. The highest BCUT2D eigenvalue weighted by molar-refractivity contribution is 9.10. The normalized spacial score (nSPS) is 16.1. The number of amides is 2. The Hall–Kier alpha value is -2.05. The Kier molecular flexibility index (Phi) is 4.78. The number of rotatable bonds is 3. The minimum Gasteiger partial charge on any atom is -0.377 e. The molecule has 2 aromatic rings. The van der Waals surface area contributed by atoms with Crippen LogP contribution in [0, 0.1) is 0 Å². The SMILES string of the molecule is CN(C)c1ccc(/C=C2/SC(=O)N(c3ccccc3)C2=O)cc1Br. The Morgan fingerprint density at radius 2 is 1.79 bits per heavy atom. The van der Waals surface area contributed by atoms with E-state index in [0.29, 0.717) is 10.6 Å². The van der Waals surface area contributed by atoms with Crippen molar-refractivity contribution in [2.24, 2.45) is 0 Å². The number of benzene rings is 2. The van der Waals surface area contributed by atoms with Crippen molar-refractivity contribution in [2.75, 3.05) is 23.9 Å². The lowest BCUT2D eigenvalue weighted by Gasteiger charge is -2.14. The van der Waals surface area contributed by atoms with Crippen LogP contribution in [0.3, 0.4) is 0 Å². The molecule has 0 aliphatic carbocycles. The van der Waals surface area contributed by atoms with Crippen molar-refractivity contribution in [2.45, 2.75) is 0 Å². The molecule has 0 atom stereocenters. The fraction of sp³-hybridized carbons (Fsp3) is 0.111. The average Bonchev–Trinajstić information content (AvgIpc) is 2.82. The molecule has 1 aliphatic heterocycles. The molecule has 1 saturated heterocycles. The van der Waals surface area contributed by atoms with Gasteiger partial charge in [0.2, 0.25) is 0 Å². The van der Waals surface area contributed by atoms with Gasteiger partial charge in [0.15, 0.2) is 0 Å². The molecule has 0 unspecified atom stereocenters. The van der Waals surface area contributed by atoms with Gasteiger partial charge >= 0.3 is 0 Å². The van der Waals surface area contributed by atoms with Crippen LogP contribution in [0.2, 0.25) is 0 Å². The molecule has 1 fully saturated rings. The van der Waals surface area contributed by atoms with E-state index >= 15 is 0 Å². The van der Waals surface area contributed by atoms with Crippen LogP contribution in [0.1, 0.15) is 5.56 Å². The number of hydrogen-bond acceptors (Lipinski definition) is 4. The fourth-order valence-electron chi connectivity index (χ4n) is 2.39. The van der Waals surface area contributed by atoms with E-state index in [1.165, 1.54) is 4.90 Å². The van der Waals surface area contributed by atoms with Gasteiger partial charge in [0, 0.05) is 18.6 Å². The molecule has 0 spiro atoms. The number of anilines is 2. The van der Waals surface area contributed by atoms with Gasteiger partial charge in [-0.3, -0.25) is 9.59 Å². The second-order valence-corrected chi connectivity index (χ2v) is 7.31. The first-order chi connectivity index (χ1) is 11.5. The summed E-state index contributed by atoms with van der Waals surface area (Å²) in [5, 5.41) is -0.276. The van der Waals surface area contributed by atoms with E-state index in [0.717, 1.165) is 27.5 Å². The van der Waals surface area contributed by atoms with Gasteiger partial charge in [-0.05, 0) is 63.6 Å². The molecular weight excluding hydrogens is 388 g/mol. The van der Waals surface area contributed by atoms with E-state index in [4.69, 9.17) is 0 Å². The standard InChI is InChI=1S/C18H15BrN2O2S/c1-20(2)15-9-8-12(10-14(15)19)11-16-17(22)21(18(23)24-16)13-6-4-3-5-7-13/h3-11H,1-2H3/b16-11+. The minimum atomic E-state index is -0.288. The number of imide groups is 1. The number of halogens is 1. The lowest BCUT2D eigenvalue weighted by Crippen LogP contribution is -2.27. The van der Waals surface area contributed by atoms with Crippen molar-refractivity contribution >= 4 is 56.3 Å². The molecule has 6 heteroatoms. The van der Waals surface area contributed by atoms with E-state index < -0.39 is 0 Å². The summed E-state index contributed by atoms with van der Waals surface area (Å²) >= 11 is 4.49. The van der Waals surface area contributed by atoms with Gasteiger partial charge in [0.05, 0.1) is 16.3 Å². The molecule has 0 saturated carbocycles. The zero-order valence-corrected chi connectivity index (χ0v) is 15.6. The minimum absolute atomic E-state index is 0.276. The number of nitrogens with zero attached hydrogens (tertiary/aromatic N) is 2. The number of thioether (sulfide) groups is 1. The Labute approximate surface area is 153 Å². The molecule has 0 radical (unpaired) electrons. The topological polar surface area (TPSA) is 40.6 Å². The average molecular weight is 403 g/mol. The largest absolute Gasteiger partial charge is 0.377 e. The van der Waals surface area contributed by atoms with Crippen LogP contribution in [0.15, 0.2) is 57.9 Å². The molecule has 0 N–H and O–H groups in total. The second-order valence-electron chi connectivity index (χ2n) is 5.46. The number of para-hydroxylation sites is 1. The molecular formula is C18H15BrN2O2S. The van der Waals surface area contributed by atoms with Crippen LogP contribution in [-0.2, 0) is 4.79 Å². The molecule has 1 aliphatic rings. The first kappa shape index (κ1) is 16.8. The predicted molar refractivity (Wildman–Crippen MR) is 103 cm³/mol. The van der Waals surface area contributed by atoms with Gasteiger partial charge in [-0.1, -0.05) is 24.3 Å². The van der Waals surface area contributed by atoms with Gasteiger partial charge in [0.25, 0.3) is 11.1 Å². The first-order valence-electron chi connectivity index (χ1n) is 7.27. The number of hydrogen-bond donors (Lipinski definition) is 0. The summed E-state index contributed by atoms with van der Waals surface area (Å²) in [7, 11) is 3.93.